The second kappa shape index (κ2) is 8.78. The Labute approximate surface area is 155 Å². The van der Waals surface area contributed by atoms with Crippen molar-refractivity contribution in [2.24, 2.45) is 5.92 Å². The monoisotopic (exact) mass is 363 g/mol. The van der Waals surface area contributed by atoms with Gasteiger partial charge in [0.2, 0.25) is 5.91 Å². The highest BCUT2D eigenvalue weighted by Gasteiger charge is 2.41. The highest BCUT2D eigenvalue weighted by molar-refractivity contribution is 5.83. The maximum Gasteiger partial charge on any atom is 0.317 e. The Morgan fingerprint density at radius 1 is 1.23 bits per heavy atom. The summed E-state index contributed by atoms with van der Waals surface area (Å²) in [6.07, 6.45) is 0. The van der Waals surface area contributed by atoms with Crippen LogP contribution in [0.4, 0.5) is 4.79 Å². The number of benzene rings is 1. The minimum absolute atomic E-state index is 0.0360. The molecule has 0 radical (unpaired) electrons. The van der Waals surface area contributed by atoms with Crippen LogP contribution in [0.25, 0.3) is 0 Å². The molecule has 0 aromatic heterocycles. The van der Waals surface area contributed by atoms with Crippen molar-refractivity contribution in [3.05, 3.63) is 23.8 Å². The van der Waals surface area contributed by atoms with Gasteiger partial charge in [0.15, 0.2) is 0 Å². The van der Waals surface area contributed by atoms with Gasteiger partial charge in [-0.25, -0.2) is 4.79 Å². The molecule has 1 saturated heterocycles. The zero-order valence-electron chi connectivity index (χ0n) is 16.2. The fourth-order valence-electron chi connectivity index (χ4n) is 3.33. The lowest BCUT2D eigenvalue weighted by Crippen LogP contribution is -2.41. The molecule has 0 bridgehead atoms. The van der Waals surface area contributed by atoms with E-state index in [0.717, 1.165) is 5.56 Å². The molecule has 2 rings (SSSR count). The van der Waals surface area contributed by atoms with E-state index >= 15 is 0 Å². The van der Waals surface area contributed by atoms with Crippen molar-refractivity contribution in [1.82, 2.24) is 15.5 Å². The van der Waals surface area contributed by atoms with Crippen molar-refractivity contribution in [2.75, 3.05) is 33.9 Å². The smallest absolute Gasteiger partial charge is 0.317 e. The minimum atomic E-state index is -0.346. The van der Waals surface area contributed by atoms with Crippen LogP contribution in [-0.4, -0.2) is 56.7 Å². The molecule has 144 valence electrons. The maximum atomic E-state index is 12.8. The number of amides is 3. The van der Waals surface area contributed by atoms with Crippen molar-refractivity contribution in [1.29, 1.82) is 0 Å². The minimum Gasteiger partial charge on any atom is -0.497 e. The Kier molecular flexibility index (Phi) is 6.71. The van der Waals surface area contributed by atoms with Crippen molar-refractivity contribution < 1.29 is 19.1 Å². The summed E-state index contributed by atoms with van der Waals surface area (Å²) < 4.78 is 10.8. The summed E-state index contributed by atoms with van der Waals surface area (Å²) in [5.74, 6) is 0.820. The summed E-state index contributed by atoms with van der Waals surface area (Å²) in [5, 5.41) is 5.78. The first kappa shape index (κ1) is 19.9. The second-order valence-electron chi connectivity index (χ2n) is 6.72. The quantitative estimate of drug-likeness (QED) is 0.810. The normalized spacial score (nSPS) is 19.4. The number of carbonyl (C=O) groups is 2. The Balaban J connectivity index is 2.38. The van der Waals surface area contributed by atoms with Gasteiger partial charge in [0.1, 0.15) is 11.5 Å². The van der Waals surface area contributed by atoms with Crippen molar-refractivity contribution >= 4 is 11.9 Å². The van der Waals surface area contributed by atoms with Gasteiger partial charge in [0.05, 0.1) is 20.1 Å². The van der Waals surface area contributed by atoms with Crippen molar-refractivity contribution in [3.63, 3.8) is 0 Å². The molecule has 7 heteroatoms. The number of urea groups is 1. The Bertz CT molecular complexity index is 648. The van der Waals surface area contributed by atoms with Crippen LogP contribution >= 0.6 is 0 Å². The summed E-state index contributed by atoms with van der Waals surface area (Å²) in [4.78, 5) is 26.8. The number of nitrogens with one attached hydrogen (secondary N) is 2. The lowest BCUT2D eigenvalue weighted by atomic mass is 9.87. The number of likely N-dealkylation sites (tertiary alicyclic amines) is 1. The number of rotatable bonds is 6. The topological polar surface area (TPSA) is 79.9 Å². The van der Waals surface area contributed by atoms with Gasteiger partial charge >= 0.3 is 6.03 Å². The molecule has 1 heterocycles. The average molecular weight is 363 g/mol. The molecule has 2 N–H and O–H groups in total. The molecular formula is C19H29N3O4. The van der Waals surface area contributed by atoms with E-state index in [4.69, 9.17) is 9.47 Å². The van der Waals surface area contributed by atoms with Gasteiger partial charge in [-0.05, 0) is 39.0 Å². The highest BCUT2D eigenvalue weighted by Crippen LogP contribution is 2.39. The number of ether oxygens (including phenoxy) is 2. The molecule has 0 spiro atoms. The first-order valence-electron chi connectivity index (χ1n) is 8.96. The van der Waals surface area contributed by atoms with Crippen LogP contribution in [0.2, 0.25) is 0 Å². The van der Waals surface area contributed by atoms with E-state index in [0.29, 0.717) is 31.1 Å². The molecule has 1 aliphatic heterocycles. The second-order valence-corrected chi connectivity index (χ2v) is 6.72. The van der Waals surface area contributed by atoms with E-state index in [1.54, 1.807) is 19.1 Å². The molecule has 0 aliphatic carbocycles. The van der Waals surface area contributed by atoms with Gasteiger partial charge < -0.3 is 25.0 Å². The first-order valence-corrected chi connectivity index (χ1v) is 8.96. The third-order valence-corrected chi connectivity index (χ3v) is 4.54. The van der Waals surface area contributed by atoms with E-state index in [1.807, 2.05) is 39.0 Å². The van der Waals surface area contributed by atoms with Crippen LogP contribution < -0.4 is 20.1 Å². The zero-order valence-corrected chi connectivity index (χ0v) is 16.2. The number of nitrogens with zero attached hydrogens (tertiary/aromatic N) is 1. The average Bonchev–Trinajstić information content (AvgIpc) is 3.06. The van der Waals surface area contributed by atoms with Crippen molar-refractivity contribution in [2.45, 2.75) is 32.7 Å². The molecule has 2 atom stereocenters. The highest BCUT2D eigenvalue weighted by atomic mass is 16.5. The predicted octanol–water partition coefficient (Wildman–Crippen LogP) is 1.97. The largest absolute Gasteiger partial charge is 0.497 e. The lowest BCUT2D eigenvalue weighted by Gasteiger charge is -2.21. The Hall–Kier alpha value is -2.44. The Morgan fingerprint density at radius 3 is 2.54 bits per heavy atom. The summed E-state index contributed by atoms with van der Waals surface area (Å²) in [6, 6.07) is 5.43. The van der Waals surface area contributed by atoms with E-state index in [-0.39, 0.29) is 29.8 Å². The van der Waals surface area contributed by atoms with E-state index in [2.05, 4.69) is 10.6 Å². The molecule has 0 saturated carbocycles. The molecule has 7 nitrogen and oxygen atoms in total. The van der Waals surface area contributed by atoms with Crippen LogP contribution in [0.1, 0.15) is 32.3 Å². The van der Waals surface area contributed by atoms with Gasteiger partial charge in [0, 0.05) is 37.2 Å². The SMILES string of the molecule is CCNC(=O)N1C[C@H](c2cc(OC)ccc2OC)[C@H](C(=O)NC(C)C)C1. The molecule has 1 aliphatic rings. The predicted molar refractivity (Wildman–Crippen MR) is 99.7 cm³/mol. The fraction of sp³-hybridized carbons (Fsp3) is 0.579. The van der Waals surface area contributed by atoms with Crippen LogP contribution in [0, 0.1) is 5.92 Å². The molecular weight excluding hydrogens is 334 g/mol. The first-order chi connectivity index (χ1) is 12.4. The molecule has 1 fully saturated rings. The third-order valence-electron chi connectivity index (χ3n) is 4.54. The van der Waals surface area contributed by atoms with Crippen LogP contribution in [-0.2, 0) is 4.79 Å². The molecule has 0 unspecified atom stereocenters. The number of hydrogen-bond donors (Lipinski definition) is 2. The zero-order chi connectivity index (χ0) is 19.3. The van der Waals surface area contributed by atoms with E-state index in [1.165, 1.54) is 0 Å². The molecule has 1 aromatic carbocycles. The van der Waals surface area contributed by atoms with E-state index in [9.17, 15) is 9.59 Å². The standard InChI is InChI=1S/C19H29N3O4/c1-6-20-19(24)22-10-15(16(11-22)18(23)21-12(2)3)14-9-13(25-4)7-8-17(14)26-5/h7-9,12,15-16H,6,10-11H2,1-5H3,(H,20,24)(H,21,23)/t15-,16-/m1/s1. The number of hydrogen-bond acceptors (Lipinski definition) is 4. The van der Waals surface area contributed by atoms with Gasteiger partial charge in [-0.1, -0.05) is 0 Å². The summed E-state index contributed by atoms with van der Waals surface area (Å²) in [5.41, 5.74) is 0.877. The van der Waals surface area contributed by atoms with Crippen LogP contribution in [0.5, 0.6) is 11.5 Å². The van der Waals surface area contributed by atoms with Gasteiger partial charge in [-0.15, -0.1) is 0 Å². The molecule has 26 heavy (non-hydrogen) atoms. The number of methoxy groups -OCH3 is 2. The maximum absolute atomic E-state index is 12.8. The third kappa shape index (κ3) is 4.39. The molecule has 1 aromatic rings. The van der Waals surface area contributed by atoms with Crippen molar-refractivity contribution in [3.8, 4) is 11.5 Å². The summed E-state index contributed by atoms with van der Waals surface area (Å²) in [6.45, 7) is 7.09. The van der Waals surface area contributed by atoms with Crippen LogP contribution in [0.15, 0.2) is 18.2 Å². The van der Waals surface area contributed by atoms with Crippen LogP contribution in [0.3, 0.4) is 0 Å². The van der Waals surface area contributed by atoms with Gasteiger partial charge in [-0.2, -0.15) is 0 Å². The summed E-state index contributed by atoms with van der Waals surface area (Å²) >= 11 is 0. The van der Waals surface area contributed by atoms with E-state index < -0.39 is 0 Å². The lowest BCUT2D eigenvalue weighted by molar-refractivity contribution is -0.125. The summed E-state index contributed by atoms with van der Waals surface area (Å²) in [7, 11) is 3.20. The number of carbonyl (C=O) groups excluding carboxylic acids is 2. The Morgan fingerprint density at radius 2 is 1.96 bits per heavy atom. The van der Waals surface area contributed by atoms with Gasteiger partial charge in [-0.3, -0.25) is 4.79 Å². The fourth-order valence-corrected chi connectivity index (χ4v) is 3.33. The molecule has 3 amide bonds. The van der Waals surface area contributed by atoms with Gasteiger partial charge in [0.25, 0.3) is 0 Å².